The number of pyridine rings is 3. The van der Waals surface area contributed by atoms with Crippen LogP contribution in [-0.2, 0) is 13.1 Å². The highest BCUT2D eigenvalue weighted by atomic mass is 15.3. The van der Waals surface area contributed by atoms with E-state index in [-0.39, 0.29) is 0 Å². The molecule has 1 aromatic carbocycles. The van der Waals surface area contributed by atoms with Gasteiger partial charge in [0.1, 0.15) is 17.8 Å². The summed E-state index contributed by atoms with van der Waals surface area (Å²) in [5.41, 5.74) is 8.91. The van der Waals surface area contributed by atoms with Crippen LogP contribution in [0.25, 0.3) is 39.4 Å². The minimum atomic E-state index is 0.648. The number of benzene rings is 1. The molecule has 5 heterocycles. The molecule has 6 aromatic rings. The number of aryl methyl sites for hydroxylation is 1. The van der Waals surface area contributed by atoms with Crippen LogP contribution in [0.5, 0.6) is 0 Å². The molecule has 0 fully saturated rings. The van der Waals surface area contributed by atoms with E-state index in [4.69, 9.17) is 9.97 Å². The molecule has 0 saturated heterocycles. The maximum atomic E-state index is 5.01. The number of H-pyrrole nitrogens is 1. The summed E-state index contributed by atoms with van der Waals surface area (Å²) in [5.74, 6) is 0.871. The Balaban J connectivity index is 1.33. The van der Waals surface area contributed by atoms with E-state index in [9.17, 15) is 0 Å². The van der Waals surface area contributed by atoms with Crippen LogP contribution in [0, 0.1) is 6.92 Å². The van der Waals surface area contributed by atoms with Gasteiger partial charge in [-0.1, -0.05) is 30.3 Å². The summed E-state index contributed by atoms with van der Waals surface area (Å²) in [7, 11) is 2.11. The van der Waals surface area contributed by atoms with Gasteiger partial charge < -0.3 is 9.79 Å². The molecular formula is C28H25BN8. The largest absolute Gasteiger partial charge is 0.340 e. The number of aromatic amines is 1. The molecule has 0 spiro atoms. The number of rotatable bonds is 7. The first-order chi connectivity index (χ1) is 18.1. The normalized spacial score (nSPS) is 11.4. The lowest BCUT2D eigenvalue weighted by Crippen LogP contribution is -2.20. The lowest BCUT2D eigenvalue weighted by Gasteiger charge is -2.18. The number of aromatic nitrogens is 7. The second kappa shape index (κ2) is 9.79. The molecule has 0 bridgehead atoms. The Morgan fingerprint density at radius 2 is 1.76 bits per heavy atom. The molecule has 6 rings (SSSR count). The highest BCUT2D eigenvalue weighted by Crippen LogP contribution is 2.30. The third-order valence-corrected chi connectivity index (χ3v) is 6.32. The molecule has 8 nitrogen and oxygen atoms in total. The summed E-state index contributed by atoms with van der Waals surface area (Å²) in [4.78, 5) is 24.0. The van der Waals surface area contributed by atoms with Crippen molar-refractivity contribution in [2.24, 2.45) is 0 Å². The molecule has 0 saturated carbocycles. The van der Waals surface area contributed by atoms with Crippen molar-refractivity contribution in [1.29, 1.82) is 0 Å². The second-order valence-corrected chi connectivity index (χ2v) is 9.12. The van der Waals surface area contributed by atoms with E-state index in [0.29, 0.717) is 6.54 Å². The standard InChI is InChI=1S/C28H25BN8/c1-19-5-4-8-24(33-19)28-27(22-9-10-26-31-18-32-37(26)16-22)34-25(35-28)17-36(29)15-21-6-2-3-7-23(21)20-11-13-30-14-12-20/h2-14,16,18H,15,17,29H2,1H3,(H,34,35). The molecule has 5 aromatic heterocycles. The van der Waals surface area contributed by atoms with E-state index in [1.165, 1.54) is 11.1 Å². The van der Waals surface area contributed by atoms with Crippen molar-refractivity contribution in [3.8, 4) is 33.8 Å². The van der Waals surface area contributed by atoms with Crippen molar-refractivity contribution in [2.75, 3.05) is 0 Å². The second-order valence-electron chi connectivity index (χ2n) is 9.12. The van der Waals surface area contributed by atoms with Crippen molar-refractivity contribution in [1.82, 2.24) is 39.3 Å². The zero-order chi connectivity index (χ0) is 25.2. The van der Waals surface area contributed by atoms with Crippen LogP contribution in [0.3, 0.4) is 0 Å². The van der Waals surface area contributed by atoms with E-state index >= 15 is 0 Å². The fourth-order valence-electron chi connectivity index (χ4n) is 4.60. The smallest absolute Gasteiger partial charge is 0.186 e. The van der Waals surface area contributed by atoms with Crippen LogP contribution in [0.1, 0.15) is 17.1 Å². The van der Waals surface area contributed by atoms with Crippen LogP contribution in [0.2, 0.25) is 0 Å². The Morgan fingerprint density at radius 3 is 2.62 bits per heavy atom. The number of hydrogen-bond donors (Lipinski definition) is 1. The van der Waals surface area contributed by atoms with Gasteiger partial charge in [0.05, 0.1) is 11.4 Å². The number of hydrogen-bond acceptors (Lipinski definition) is 6. The quantitative estimate of drug-likeness (QED) is 0.344. The molecule has 180 valence electrons. The zero-order valence-corrected chi connectivity index (χ0v) is 20.7. The lowest BCUT2D eigenvalue weighted by molar-refractivity contribution is 0.433. The highest BCUT2D eigenvalue weighted by Gasteiger charge is 2.18. The monoisotopic (exact) mass is 484 g/mol. The molecule has 1 N–H and O–H groups in total. The summed E-state index contributed by atoms with van der Waals surface area (Å²) in [5, 5.41) is 4.30. The Hall–Kier alpha value is -4.63. The molecule has 9 heteroatoms. The molecule has 0 atom stereocenters. The Bertz CT molecular complexity index is 1670. The van der Waals surface area contributed by atoms with Gasteiger partial charge in [-0.2, -0.15) is 5.10 Å². The number of nitrogens with zero attached hydrogens (tertiary/aromatic N) is 7. The fraction of sp³-hybridized carbons (Fsp3) is 0.107. The van der Waals surface area contributed by atoms with Gasteiger partial charge in [0.25, 0.3) is 0 Å². The minimum absolute atomic E-state index is 0.648. The SMILES string of the molecule is BN(Cc1nc(-c2cccc(C)n2)c(-c2ccc3ncnn3c2)[nH]1)Cc1ccccc1-c1ccncc1. The third kappa shape index (κ3) is 4.77. The van der Waals surface area contributed by atoms with Gasteiger partial charge in [-0.15, -0.1) is 0 Å². The van der Waals surface area contributed by atoms with Crippen molar-refractivity contribution >= 4 is 13.6 Å². The highest BCUT2D eigenvalue weighted by molar-refractivity contribution is 6.04. The first kappa shape index (κ1) is 22.8. The molecule has 0 aliphatic rings. The van der Waals surface area contributed by atoms with Crippen LogP contribution in [0.15, 0.2) is 91.6 Å². The van der Waals surface area contributed by atoms with Crippen LogP contribution in [-0.4, -0.2) is 47.3 Å². The topological polar surface area (TPSA) is 87.9 Å². The van der Waals surface area contributed by atoms with Crippen molar-refractivity contribution in [3.05, 3.63) is 109 Å². The molecule has 0 radical (unpaired) electrons. The number of imidazole rings is 1. The fourth-order valence-corrected chi connectivity index (χ4v) is 4.60. The lowest BCUT2D eigenvalue weighted by atomic mass is 9.99. The Morgan fingerprint density at radius 1 is 0.892 bits per heavy atom. The molecule has 0 aliphatic heterocycles. The van der Waals surface area contributed by atoms with Gasteiger partial charge in [-0.05, 0) is 60.0 Å². The summed E-state index contributed by atoms with van der Waals surface area (Å²) < 4.78 is 1.77. The Kier molecular flexibility index (Phi) is 6.04. The van der Waals surface area contributed by atoms with Gasteiger partial charge in [-0.3, -0.25) is 9.97 Å². The molecule has 37 heavy (non-hydrogen) atoms. The van der Waals surface area contributed by atoms with Crippen LogP contribution < -0.4 is 0 Å². The van der Waals surface area contributed by atoms with E-state index < -0.39 is 0 Å². The zero-order valence-electron chi connectivity index (χ0n) is 20.7. The summed E-state index contributed by atoms with van der Waals surface area (Å²) in [6, 6.07) is 22.6. The van der Waals surface area contributed by atoms with Crippen molar-refractivity contribution in [3.63, 3.8) is 0 Å². The first-order valence-corrected chi connectivity index (χ1v) is 12.1. The van der Waals surface area contributed by atoms with Gasteiger partial charge in [0.15, 0.2) is 13.6 Å². The molecule has 0 amide bonds. The maximum Gasteiger partial charge on any atom is 0.186 e. The van der Waals surface area contributed by atoms with E-state index in [0.717, 1.165) is 51.9 Å². The average Bonchev–Trinajstić information content (AvgIpc) is 3.56. The first-order valence-electron chi connectivity index (χ1n) is 12.1. The van der Waals surface area contributed by atoms with E-state index in [1.54, 1.807) is 10.8 Å². The third-order valence-electron chi connectivity index (χ3n) is 6.32. The van der Waals surface area contributed by atoms with E-state index in [2.05, 4.69) is 57.1 Å². The van der Waals surface area contributed by atoms with Crippen molar-refractivity contribution in [2.45, 2.75) is 20.0 Å². The predicted octanol–water partition coefficient (Wildman–Crippen LogP) is 4.10. The van der Waals surface area contributed by atoms with Crippen molar-refractivity contribution < 1.29 is 0 Å². The van der Waals surface area contributed by atoms with Gasteiger partial charge in [-0.25, -0.2) is 14.5 Å². The van der Waals surface area contributed by atoms with Crippen LogP contribution in [0.4, 0.5) is 0 Å². The molecular weight excluding hydrogens is 459 g/mol. The van der Waals surface area contributed by atoms with Gasteiger partial charge in [0.2, 0.25) is 0 Å². The van der Waals surface area contributed by atoms with E-state index in [1.807, 2.05) is 68.0 Å². The maximum absolute atomic E-state index is 5.01. The predicted molar refractivity (Wildman–Crippen MR) is 146 cm³/mol. The van der Waals surface area contributed by atoms with Crippen LogP contribution >= 0.6 is 0 Å². The van der Waals surface area contributed by atoms with Gasteiger partial charge in [0, 0.05) is 42.9 Å². The number of nitrogens with one attached hydrogen (secondary N) is 1. The molecule has 0 aliphatic carbocycles. The Labute approximate surface area is 215 Å². The summed E-state index contributed by atoms with van der Waals surface area (Å²) >= 11 is 0. The average molecular weight is 484 g/mol. The minimum Gasteiger partial charge on any atom is -0.340 e. The van der Waals surface area contributed by atoms with Gasteiger partial charge >= 0.3 is 0 Å². The molecule has 0 unspecified atom stereocenters. The summed E-state index contributed by atoms with van der Waals surface area (Å²) in [6.07, 6.45) is 7.18. The summed E-state index contributed by atoms with van der Waals surface area (Å²) in [6.45, 7) is 3.42. The number of fused-ring (bicyclic) bond motifs is 1.